The molecule has 0 saturated heterocycles. The van der Waals surface area contributed by atoms with E-state index >= 15 is 0 Å². The molecule has 10 aromatic rings. The third kappa shape index (κ3) is 2.13. The molecule has 0 aliphatic heterocycles. The van der Waals surface area contributed by atoms with Crippen LogP contribution in [0.1, 0.15) is 0 Å². The summed E-state index contributed by atoms with van der Waals surface area (Å²) in [4.78, 5) is 39.1. The van der Waals surface area contributed by atoms with E-state index in [1.54, 1.807) is 8.80 Å². The van der Waals surface area contributed by atoms with Crippen molar-refractivity contribution in [1.82, 2.24) is 18.8 Å². The van der Waals surface area contributed by atoms with Gasteiger partial charge in [-0.2, -0.15) is 0 Å². The first kappa shape index (κ1) is 20.4. The van der Waals surface area contributed by atoms with E-state index in [2.05, 4.69) is 0 Å². The molecular weight excluding hydrogens is 496 g/mol. The molecule has 0 amide bonds. The number of benzene rings is 6. The van der Waals surface area contributed by atoms with Crippen LogP contribution < -0.4 is 11.1 Å². The van der Waals surface area contributed by atoms with Gasteiger partial charge in [0.1, 0.15) is 11.3 Å². The van der Waals surface area contributed by atoms with Crippen LogP contribution in [0.15, 0.2) is 107 Å². The van der Waals surface area contributed by atoms with Crippen molar-refractivity contribution in [3.63, 3.8) is 0 Å². The number of aromatic nitrogens is 4. The lowest BCUT2D eigenvalue weighted by Crippen LogP contribution is -2.17. The average Bonchev–Trinajstić information content (AvgIpc) is 3.57. The Labute approximate surface area is 223 Å². The zero-order valence-electron chi connectivity index (χ0n) is 20.8. The SMILES string of the molecule is O=c1c2c3ccccc3c3c4c(c(=O)n5c6ccccc6nc35)c3ccccc3c(c24)c2nc3ccccc3n12. The summed E-state index contributed by atoms with van der Waals surface area (Å²) in [6.45, 7) is 0. The first-order valence-electron chi connectivity index (χ1n) is 13.2. The maximum absolute atomic E-state index is 14.5. The molecule has 0 fully saturated rings. The maximum atomic E-state index is 14.5. The Morgan fingerprint density at radius 3 is 1.18 bits per heavy atom. The van der Waals surface area contributed by atoms with Crippen LogP contribution in [0, 0.1) is 0 Å². The Bertz CT molecular complexity index is 2670. The number of imidazole rings is 2. The molecule has 0 saturated carbocycles. The normalized spacial score (nSPS) is 12.7. The molecule has 6 aromatic carbocycles. The molecule has 10 rings (SSSR count). The predicted octanol–water partition coefficient (Wildman–Crippen LogP) is 6.65. The second kappa shape index (κ2) is 6.68. The van der Waals surface area contributed by atoms with Gasteiger partial charge in [-0.25, -0.2) is 9.97 Å². The fourth-order valence-corrected chi connectivity index (χ4v) is 7.06. The quantitative estimate of drug-likeness (QED) is 0.169. The molecule has 0 N–H and O–H groups in total. The van der Waals surface area contributed by atoms with E-state index in [-0.39, 0.29) is 11.1 Å². The van der Waals surface area contributed by atoms with Crippen molar-refractivity contribution in [2.24, 2.45) is 0 Å². The van der Waals surface area contributed by atoms with Crippen LogP contribution in [0.25, 0.3) is 87.2 Å². The molecule has 0 aliphatic rings. The molecule has 40 heavy (non-hydrogen) atoms. The Balaban J connectivity index is 1.72. The smallest absolute Gasteiger partial charge is 0.265 e. The molecule has 0 unspecified atom stereocenters. The van der Waals surface area contributed by atoms with Crippen LogP contribution in [0.4, 0.5) is 0 Å². The van der Waals surface area contributed by atoms with Crippen LogP contribution in [0.5, 0.6) is 0 Å². The highest BCUT2D eigenvalue weighted by Gasteiger charge is 2.27. The van der Waals surface area contributed by atoms with Crippen LogP contribution in [0.3, 0.4) is 0 Å². The van der Waals surface area contributed by atoms with Gasteiger partial charge in [0.05, 0.1) is 32.8 Å². The van der Waals surface area contributed by atoms with Gasteiger partial charge in [0.2, 0.25) is 0 Å². The topological polar surface area (TPSA) is 68.7 Å². The zero-order chi connectivity index (χ0) is 26.3. The molecule has 0 radical (unpaired) electrons. The summed E-state index contributed by atoms with van der Waals surface area (Å²) in [7, 11) is 0. The van der Waals surface area contributed by atoms with E-state index in [0.29, 0.717) is 22.1 Å². The summed E-state index contributed by atoms with van der Waals surface area (Å²) in [5.41, 5.74) is 4.01. The summed E-state index contributed by atoms with van der Waals surface area (Å²) in [6.07, 6.45) is 0. The second-order valence-corrected chi connectivity index (χ2v) is 10.5. The average molecular weight is 513 g/mol. The van der Waals surface area contributed by atoms with Crippen molar-refractivity contribution < 1.29 is 0 Å². The minimum Gasteiger partial charge on any atom is -0.268 e. The van der Waals surface area contributed by atoms with Crippen molar-refractivity contribution in [1.29, 1.82) is 0 Å². The second-order valence-electron chi connectivity index (χ2n) is 10.5. The largest absolute Gasteiger partial charge is 0.268 e. The lowest BCUT2D eigenvalue weighted by molar-refractivity contribution is 1.19. The Hall–Kier alpha value is -5.62. The summed E-state index contributed by atoms with van der Waals surface area (Å²) in [5, 5.41) is 8.00. The summed E-state index contributed by atoms with van der Waals surface area (Å²) < 4.78 is 3.49. The van der Waals surface area contributed by atoms with Crippen molar-refractivity contribution in [2.75, 3.05) is 0 Å². The Morgan fingerprint density at radius 2 is 0.750 bits per heavy atom. The standard InChI is InChI=1S/C34H16N4O2/c39-33-27-19-11-3-1-9-17(19)25-29-28(34(40)37-23-15-7-5-13-21(23)35-31(25)37)20-12-4-2-10-18(20)26(30(27)29)32-36-22-14-6-8-16-24(22)38(32)33/h1-16H. The van der Waals surface area contributed by atoms with E-state index in [4.69, 9.17) is 9.97 Å². The minimum atomic E-state index is -0.133. The third-order valence-corrected chi connectivity index (χ3v) is 8.58. The van der Waals surface area contributed by atoms with Gasteiger partial charge in [-0.3, -0.25) is 18.4 Å². The molecule has 0 aliphatic carbocycles. The van der Waals surface area contributed by atoms with Gasteiger partial charge in [0, 0.05) is 21.5 Å². The molecule has 6 heteroatoms. The van der Waals surface area contributed by atoms with Crippen LogP contribution in [0.2, 0.25) is 0 Å². The summed E-state index contributed by atoms with van der Waals surface area (Å²) in [6, 6.07) is 31.4. The lowest BCUT2D eigenvalue weighted by atomic mass is 9.87. The number of nitrogens with zero attached hydrogens (tertiary/aromatic N) is 4. The molecule has 4 heterocycles. The first-order chi connectivity index (χ1) is 19.7. The summed E-state index contributed by atoms with van der Waals surface area (Å²) >= 11 is 0. The van der Waals surface area contributed by atoms with Gasteiger partial charge in [-0.1, -0.05) is 72.8 Å². The van der Waals surface area contributed by atoms with Crippen molar-refractivity contribution in [3.8, 4) is 0 Å². The van der Waals surface area contributed by atoms with Crippen molar-refractivity contribution in [2.45, 2.75) is 0 Å². The van der Waals surface area contributed by atoms with Gasteiger partial charge in [0.25, 0.3) is 11.1 Å². The van der Waals surface area contributed by atoms with Crippen LogP contribution in [-0.4, -0.2) is 18.8 Å². The van der Waals surface area contributed by atoms with Crippen LogP contribution in [-0.2, 0) is 0 Å². The highest BCUT2D eigenvalue weighted by molar-refractivity contribution is 6.43. The fourth-order valence-electron chi connectivity index (χ4n) is 7.06. The number of hydrogen-bond acceptors (Lipinski definition) is 4. The summed E-state index contributed by atoms with van der Waals surface area (Å²) in [5.74, 6) is 0. The minimum absolute atomic E-state index is 0.133. The van der Waals surface area contributed by atoms with E-state index < -0.39 is 0 Å². The molecule has 0 atom stereocenters. The molecular formula is C34H16N4O2. The molecule has 0 bridgehead atoms. The first-order valence-corrected chi connectivity index (χ1v) is 13.2. The van der Waals surface area contributed by atoms with E-state index in [1.165, 1.54) is 0 Å². The zero-order valence-corrected chi connectivity index (χ0v) is 20.8. The predicted molar refractivity (Wildman–Crippen MR) is 161 cm³/mol. The highest BCUT2D eigenvalue weighted by Crippen LogP contribution is 2.45. The van der Waals surface area contributed by atoms with Gasteiger partial charge >= 0.3 is 0 Å². The van der Waals surface area contributed by atoms with E-state index in [0.717, 1.165) is 65.2 Å². The number of fused-ring (bicyclic) bond motifs is 14. The van der Waals surface area contributed by atoms with Crippen molar-refractivity contribution in [3.05, 3.63) is 118 Å². The van der Waals surface area contributed by atoms with Gasteiger partial charge in [-0.15, -0.1) is 0 Å². The van der Waals surface area contributed by atoms with E-state index in [9.17, 15) is 9.59 Å². The molecule has 184 valence electrons. The number of hydrogen-bond donors (Lipinski definition) is 0. The third-order valence-electron chi connectivity index (χ3n) is 8.58. The molecule has 6 nitrogen and oxygen atoms in total. The maximum Gasteiger partial charge on any atom is 0.265 e. The fraction of sp³-hybridized carbons (Fsp3) is 0. The number of rotatable bonds is 0. The van der Waals surface area contributed by atoms with Crippen LogP contribution >= 0.6 is 0 Å². The molecule has 0 spiro atoms. The Morgan fingerprint density at radius 1 is 0.400 bits per heavy atom. The monoisotopic (exact) mass is 512 g/mol. The van der Waals surface area contributed by atoms with E-state index in [1.807, 2.05) is 97.1 Å². The highest BCUT2D eigenvalue weighted by atomic mass is 16.1. The van der Waals surface area contributed by atoms with Gasteiger partial charge in [0.15, 0.2) is 0 Å². The Kier molecular flexibility index (Phi) is 3.40. The van der Waals surface area contributed by atoms with Gasteiger partial charge in [-0.05, 0) is 45.8 Å². The number of pyridine rings is 2. The lowest BCUT2D eigenvalue weighted by Gasteiger charge is -2.18. The van der Waals surface area contributed by atoms with Gasteiger partial charge < -0.3 is 0 Å². The van der Waals surface area contributed by atoms with Crippen molar-refractivity contribution >= 4 is 87.2 Å². The number of para-hydroxylation sites is 4. The molecule has 4 aromatic heterocycles.